The molecule has 1 heterocycles. The van der Waals surface area contributed by atoms with E-state index in [0.717, 1.165) is 36.0 Å². The van der Waals surface area contributed by atoms with Gasteiger partial charge in [0, 0.05) is 29.9 Å². The van der Waals surface area contributed by atoms with Crippen LogP contribution in [0.4, 0.5) is 5.82 Å². The van der Waals surface area contributed by atoms with E-state index in [1.54, 1.807) is 0 Å². The number of fused-ring (bicyclic) bond motifs is 1. The molecule has 102 valence electrons. The van der Waals surface area contributed by atoms with Crippen molar-refractivity contribution in [2.24, 2.45) is 5.73 Å². The number of benzene rings is 1. The van der Waals surface area contributed by atoms with Crippen LogP contribution in [0.15, 0.2) is 30.5 Å². The summed E-state index contributed by atoms with van der Waals surface area (Å²) in [5, 5.41) is 10.8. The number of hydrogen-bond acceptors (Lipinski definition) is 4. The molecule has 0 bridgehead atoms. The zero-order valence-electron chi connectivity index (χ0n) is 11.7. The minimum atomic E-state index is 0.462. The number of hydrogen-bond donors (Lipinski definition) is 1. The van der Waals surface area contributed by atoms with Gasteiger partial charge in [0.05, 0.1) is 6.20 Å². The average Bonchev–Trinajstić information content (AvgIpc) is 2.47. The Morgan fingerprint density at radius 3 is 2.63 bits per heavy atom. The summed E-state index contributed by atoms with van der Waals surface area (Å²) in [5.41, 5.74) is 5.77. The van der Waals surface area contributed by atoms with Crippen molar-refractivity contribution in [3.05, 3.63) is 30.5 Å². The number of nitrogens with two attached hydrogens (primary N) is 1. The fourth-order valence-electron chi connectivity index (χ4n) is 2.55. The molecule has 4 nitrogen and oxygen atoms in total. The van der Waals surface area contributed by atoms with E-state index in [1.165, 1.54) is 0 Å². The number of nitrogens with zero attached hydrogens (tertiary/aromatic N) is 3. The van der Waals surface area contributed by atoms with Gasteiger partial charge in [-0.1, -0.05) is 38.1 Å². The van der Waals surface area contributed by atoms with Crippen molar-refractivity contribution in [2.75, 3.05) is 18.0 Å². The lowest BCUT2D eigenvalue weighted by atomic mass is 10.1. The summed E-state index contributed by atoms with van der Waals surface area (Å²) in [5.74, 6) is 0.956. The Bertz CT molecular complexity index is 517. The van der Waals surface area contributed by atoms with Gasteiger partial charge in [0.25, 0.3) is 0 Å². The van der Waals surface area contributed by atoms with Crippen LogP contribution in [-0.2, 0) is 0 Å². The van der Waals surface area contributed by atoms with Gasteiger partial charge in [0.15, 0.2) is 5.82 Å². The van der Waals surface area contributed by atoms with Gasteiger partial charge in [0.1, 0.15) is 0 Å². The monoisotopic (exact) mass is 258 g/mol. The second-order valence-corrected chi connectivity index (χ2v) is 4.71. The standard InChI is InChI=1S/C15H22N4/c1-3-13(4-2)19(10-9-16)15-14-8-6-5-7-12(14)11-17-18-15/h5-8,11,13H,3-4,9-10,16H2,1-2H3. The van der Waals surface area contributed by atoms with Crippen LogP contribution >= 0.6 is 0 Å². The normalized spacial score (nSPS) is 11.2. The molecule has 1 aromatic carbocycles. The lowest BCUT2D eigenvalue weighted by Crippen LogP contribution is -2.39. The Balaban J connectivity index is 2.49. The molecular formula is C15H22N4. The van der Waals surface area contributed by atoms with Crippen molar-refractivity contribution in [3.63, 3.8) is 0 Å². The van der Waals surface area contributed by atoms with E-state index in [1.807, 2.05) is 18.3 Å². The minimum absolute atomic E-state index is 0.462. The molecule has 0 atom stereocenters. The highest BCUT2D eigenvalue weighted by atomic mass is 15.3. The van der Waals surface area contributed by atoms with Crippen molar-refractivity contribution < 1.29 is 0 Å². The van der Waals surface area contributed by atoms with Crippen LogP contribution in [0.5, 0.6) is 0 Å². The predicted octanol–water partition coefficient (Wildman–Crippen LogP) is 2.58. The molecule has 0 unspecified atom stereocenters. The molecule has 0 radical (unpaired) electrons. The lowest BCUT2D eigenvalue weighted by Gasteiger charge is -2.31. The first kappa shape index (κ1) is 13.7. The van der Waals surface area contributed by atoms with E-state index in [2.05, 4.69) is 41.1 Å². The first-order valence-electron chi connectivity index (χ1n) is 6.98. The molecule has 19 heavy (non-hydrogen) atoms. The van der Waals surface area contributed by atoms with Crippen LogP contribution in [0.2, 0.25) is 0 Å². The van der Waals surface area contributed by atoms with Gasteiger partial charge in [-0.25, -0.2) is 0 Å². The van der Waals surface area contributed by atoms with Crippen LogP contribution in [0.25, 0.3) is 10.8 Å². The highest BCUT2D eigenvalue weighted by Crippen LogP contribution is 2.26. The molecule has 0 saturated heterocycles. The van der Waals surface area contributed by atoms with E-state index in [9.17, 15) is 0 Å². The van der Waals surface area contributed by atoms with Gasteiger partial charge in [-0.15, -0.1) is 5.10 Å². The molecule has 0 aliphatic carbocycles. The maximum atomic E-state index is 5.77. The number of rotatable bonds is 6. The van der Waals surface area contributed by atoms with E-state index in [-0.39, 0.29) is 0 Å². The van der Waals surface area contributed by atoms with Crippen molar-refractivity contribution in [1.29, 1.82) is 0 Å². The zero-order valence-corrected chi connectivity index (χ0v) is 11.7. The molecule has 0 spiro atoms. The van der Waals surface area contributed by atoms with Crippen molar-refractivity contribution in [2.45, 2.75) is 32.7 Å². The Hall–Kier alpha value is -1.68. The maximum Gasteiger partial charge on any atom is 0.159 e. The summed E-state index contributed by atoms with van der Waals surface area (Å²) in [7, 11) is 0. The molecule has 1 aromatic heterocycles. The van der Waals surface area contributed by atoms with Gasteiger partial charge in [-0.2, -0.15) is 5.10 Å². The Kier molecular flexibility index (Phi) is 4.68. The van der Waals surface area contributed by atoms with Gasteiger partial charge >= 0.3 is 0 Å². The molecule has 0 aliphatic heterocycles. The molecule has 0 fully saturated rings. The number of aromatic nitrogens is 2. The third kappa shape index (κ3) is 2.84. The Labute approximate surface area is 114 Å². The largest absolute Gasteiger partial charge is 0.350 e. The molecule has 2 N–H and O–H groups in total. The van der Waals surface area contributed by atoms with Crippen LogP contribution < -0.4 is 10.6 Å². The fraction of sp³-hybridized carbons (Fsp3) is 0.467. The predicted molar refractivity (Wildman–Crippen MR) is 80.3 cm³/mol. The summed E-state index contributed by atoms with van der Waals surface area (Å²) >= 11 is 0. The smallest absolute Gasteiger partial charge is 0.159 e. The second kappa shape index (κ2) is 6.48. The first-order chi connectivity index (χ1) is 9.31. The molecule has 0 aliphatic rings. The van der Waals surface area contributed by atoms with Gasteiger partial charge in [0.2, 0.25) is 0 Å². The SMILES string of the molecule is CCC(CC)N(CCN)c1nncc2ccccc12. The average molecular weight is 258 g/mol. The first-order valence-corrected chi connectivity index (χ1v) is 6.98. The molecule has 0 saturated carbocycles. The lowest BCUT2D eigenvalue weighted by molar-refractivity contribution is 0.553. The maximum absolute atomic E-state index is 5.77. The molecule has 2 rings (SSSR count). The van der Waals surface area contributed by atoms with E-state index in [0.29, 0.717) is 12.6 Å². The highest BCUT2D eigenvalue weighted by Gasteiger charge is 2.18. The van der Waals surface area contributed by atoms with Crippen LogP contribution in [0.1, 0.15) is 26.7 Å². The summed E-state index contributed by atoms with van der Waals surface area (Å²) in [6.07, 6.45) is 3.98. The molecule has 4 heteroatoms. The van der Waals surface area contributed by atoms with Gasteiger partial charge in [-0.3, -0.25) is 0 Å². The Morgan fingerprint density at radius 2 is 1.95 bits per heavy atom. The van der Waals surface area contributed by atoms with Gasteiger partial charge < -0.3 is 10.6 Å². The highest BCUT2D eigenvalue weighted by molar-refractivity contribution is 5.91. The molecule has 0 amide bonds. The van der Waals surface area contributed by atoms with Gasteiger partial charge in [-0.05, 0) is 12.8 Å². The molecule has 2 aromatic rings. The quantitative estimate of drug-likeness (QED) is 0.865. The summed E-state index contributed by atoms with van der Waals surface area (Å²) in [6.45, 7) is 5.85. The third-order valence-electron chi connectivity index (χ3n) is 3.58. The zero-order chi connectivity index (χ0) is 13.7. The topological polar surface area (TPSA) is 55.0 Å². The van der Waals surface area contributed by atoms with Crippen molar-refractivity contribution in [1.82, 2.24) is 10.2 Å². The summed E-state index contributed by atoms with van der Waals surface area (Å²) in [4.78, 5) is 2.30. The van der Waals surface area contributed by atoms with Crippen LogP contribution in [-0.4, -0.2) is 29.3 Å². The van der Waals surface area contributed by atoms with E-state index < -0.39 is 0 Å². The van der Waals surface area contributed by atoms with Crippen molar-refractivity contribution in [3.8, 4) is 0 Å². The Morgan fingerprint density at radius 1 is 1.21 bits per heavy atom. The second-order valence-electron chi connectivity index (χ2n) is 4.71. The number of anilines is 1. The van der Waals surface area contributed by atoms with E-state index >= 15 is 0 Å². The van der Waals surface area contributed by atoms with E-state index in [4.69, 9.17) is 5.73 Å². The van der Waals surface area contributed by atoms with Crippen LogP contribution in [0, 0.1) is 0 Å². The van der Waals surface area contributed by atoms with Crippen LogP contribution in [0.3, 0.4) is 0 Å². The minimum Gasteiger partial charge on any atom is -0.350 e. The molecular weight excluding hydrogens is 236 g/mol. The fourth-order valence-corrected chi connectivity index (χ4v) is 2.55. The summed E-state index contributed by atoms with van der Waals surface area (Å²) in [6, 6.07) is 8.70. The summed E-state index contributed by atoms with van der Waals surface area (Å²) < 4.78 is 0. The third-order valence-corrected chi connectivity index (χ3v) is 3.58. The van der Waals surface area contributed by atoms with Crippen molar-refractivity contribution >= 4 is 16.6 Å².